The number of halogens is 2. The highest BCUT2D eigenvalue weighted by molar-refractivity contribution is 6.30. The lowest BCUT2D eigenvalue weighted by Gasteiger charge is -2.12. The normalized spacial score (nSPS) is 12.2. The van der Waals surface area contributed by atoms with Gasteiger partial charge in [-0.3, -0.25) is 4.79 Å². The quantitative estimate of drug-likeness (QED) is 0.756. The first kappa shape index (κ1) is 15.9. The van der Waals surface area contributed by atoms with E-state index in [9.17, 15) is 14.3 Å². The Balaban J connectivity index is 2.47. The van der Waals surface area contributed by atoms with Gasteiger partial charge < -0.3 is 15.2 Å². The van der Waals surface area contributed by atoms with Crippen LogP contribution in [0.1, 0.15) is 24.5 Å². The zero-order valence-electron chi connectivity index (χ0n) is 10.7. The van der Waals surface area contributed by atoms with E-state index in [1.54, 1.807) is 7.11 Å². The Hall–Kier alpha value is -1.17. The third-order valence-corrected chi connectivity index (χ3v) is 2.82. The summed E-state index contributed by atoms with van der Waals surface area (Å²) < 4.78 is 18.4. The number of hydrogen-bond acceptors (Lipinski definition) is 3. The van der Waals surface area contributed by atoms with Crippen molar-refractivity contribution >= 4 is 17.5 Å². The van der Waals surface area contributed by atoms with Crippen molar-refractivity contribution in [2.75, 3.05) is 20.3 Å². The van der Waals surface area contributed by atoms with Crippen molar-refractivity contribution in [1.29, 1.82) is 0 Å². The second-order valence-electron chi connectivity index (χ2n) is 4.06. The van der Waals surface area contributed by atoms with Crippen LogP contribution >= 0.6 is 11.6 Å². The summed E-state index contributed by atoms with van der Waals surface area (Å²) in [6.07, 6.45) is 0.0112. The minimum absolute atomic E-state index is 0.0845. The standard InChI is InChI=1S/C13H17ClFNO3/c1-19-7-3-2-6-16-13(18)12(17)10-5-4-9(14)8-11(10)15/h4-5,8,12,17H,2-3,6-7H2,1H3,(H,16,18)/t12-/m0/s1. The van der Waals surface area contributed by atoms with Crippen molar-refractivity contribution < 1.29 is 19.0 Å². The third kappa shape index (κ3) is 5.14. The van der Waals surface area contributed by atoms with Gasteiger partial charge in [-0.2, -0.15) is 0 Å². The molecule has 0 aliphatic heterocycles. The van der Waals surface area contributed by atoms with Gasteiger partial charge in [0.1, 0.15) is 5.82 Å². The minimum Gasteiger partial charge on any atom is -0.385 e. The molecule has 2 N–H and O–H groups in total. The highest BCUT2D eigenvalue weighted by Gasteiger charge is 2.20. The first-order valence-electron chi connectivity index (χ1n) is 5.96. The van der Waals surface area contributed by atoms with E-state index < -0.39 is 17.8 Å². The highest BCUT2D eigenvalue weighted by Crippen LogP contribution is 2.20. The molecule has 1 aromatic carbocycles. The fraction of sp³-hybridized carbons (Fsp3) is 0.462. The third-order valence-electron chi connectivity index (χ3n) is 2.58. The molecule has 1 amide bonds. The summed E-state index contributed by atoms with van der Waals surface area (Å²) in [6, 6.07) is 3.79. The molecule has 0 fully saturated rings. The molecule has 19 heavy (non-hydrogen) atoms. The highest BCUT2D eigenvalue weighted by atomic mass is 35.5. The SMILES string of the molecule is COCCCCNC(=O)[C@@H](O)c1ccc(Cl)cc1F. The van der Waals surface area contributed by atoms with Gasteiger partial charge in [0.2, 0.25) is 0 Å². The van der Waals surface area contributed by atoms with Crippen LogP contribution < -0.4 is 5.32 Å². The van der Waals surface area contributed by atoms with Gasteiger partial charge in [-0.25, -0.2) is 4.39 Å². The molecule has 0 bridgehead atoms. The predicted molar refractivity (Wildman–Crippen MR) is 70.5 cm³/mol. The van der Waals surface area contributed by atoms with Crippen molar-refractivity contribution in [2.45, 2.75) is 18.9 Å². The first-order valence-corrected chi connectivity index (χ1v) is 6.33. The van der Waals surface area contributed by atoms with Gasteiger partial charge in [-0.15, -0.1) is 0 Å². The summed E-state index contributed by atoms with van der Waals surface area (Å²) in [7, 11) is 1.60. The van der Waals surface area contributed by atoms with Gasteiger partial charge in [0.05, 0.1) is 0 Å². The minimum atomic E-state index is -1.53. The summed E-state index contributed by atoms with van der Waals surface area (Å²) >= 11 is 5.60. The Bertz CT molecular complexity index is 428. The van der Waals surface area contributed by atoms with E-state index >= 15 is 0 Å². The maximum atomic E-state index is 13.5. The number of ether oxygens (including phenoxy) is 1. The van der Waals surface area contributed by atoms with Gasteiger partial charge in [-0.1, -0.05) is 17.7 Å². The molecule has 0 aromatic heterocycles. The van der Waals surface area contributed by atoms with Crippen LogP contribution in [0.3, 0.4) is 0 Å². The number of methoxy groups -OCH3 is 1. The Kier molecular flexibility index (Phi) is 6.77. The van der Waals surface area contributed by atoms with Crippen LogP contribution in [0.5, 0.6) is 0 Å². The summed E-state index contributed by atoms with van der Waals surface area (Å²) in [5.74, 6) is -1.33. The predicted octanol–water partition coefficient (Wildman–Crippen LogP) is 2.06. The molecule has 0 saturated heterocycles. The van der Waals surface area contributed by atoms with E-state index in [-0.39, 0.29) is 10.6 Å². The molecule has 0 spiro atoms. The van der Waals surface area contributed by atoms with Crippen molar-refractivity contribution in [3.8, 4) is 0 Å². The molecule has 0 heterocycles. The molecule has 0 unspecified atom stereocenters. The van der Waals surface area contributed by atoms with Crippen LogP contribution in [0.2, 0.25) is 5.02 Å². The number of hydrogen-bond donors (Lipinski definition) is 2. The van der Waals surface area contributed by atoms with Crippen molar-refractivity contribution in [1.82, 2.24) is 5.32 Å². The van der Waals surface area contributed by atoms with Gasteiger partial charge in [-0.05, 0) is 25.0 Å². The second-order valence-corrected chi connectivity index (χ2v) is 4.50. The molecular formula is C13H17ClFNO3. The molecule has 0 aliphatic rings. The topological polar surface area (TPSA) is 58.6 Å². The molecule has 4 nitrogen and oxygen atoms in total. The molecule has 6 heteroatoms. The number of aliphatic hydroxyl groups excluding tert-OH is 1. The number of carbonyl (C=O) groups excluding carboxylic acids is 1. The van der Waals surface area contributed by atoms with Crippen molar-refractivity contribution in [3.05, 3.63) is 34.6 Å². The average molecular weight is 290 g/mol. The number of nitrogens with one attached hydrogen (secondary N) is 1. The lowest BCUT2D eigenvalue weighted by atomic mass is 10.1. The van der Waals surface area contributed by atoms with Crippen molar-refractivity contribution in [3.63, 3.8) is 0 Å². The molecule has 0 aliphatic carbocycles. The maximum Gasteiger partial charge on any atom is 0.253 e. The van der Waals surface area contributed by atoms with Gasteiger partial charge in [0, 0.05) is 30.8 Å². The van der Waals surface area contributed by atoms with E-state index in [1.807, 2.05) is 0 Å². The smallest absolute Gasteiger partial charge is 0.253 e. The summed E-state index contributed by atoms with van der Waals surface area (Å²) in [5, 5.41) is 12.5. The van der Waals surface area contributed by atoms with Gasteiger partial charge in [0.15, 0.2) is 6.10 Å². The van der Waals surface area contributed by atoms with Crippen LogP contribution in [0.25, 0.3) is 0 Å². The van der Waals surface area contributed by atoms with Crippen LogP contribution in [-0.2, 0) is 9.53 Å². The maximum absolute atomic E-state index is 13.5. The number of aliphatic hydroxyl groups is 1. The Morgan fingerprint density at radius 3 is 2.89 bits per heavy atom. The van der Waals surface area contributed by atoms with E-state index in [2.05, 4.69) is 5.32 Å². The van der Waals surface area contributed by atoms with Crippen LogP contribution in [0.4, 0.5) is 4.39 Å². The first-order chi connectivity index (χ1) is 9.06. The Morgan fingerprint density at radius 2 is 2.26 bits per heavy atom. The molecule has 1 atom stereocenters. The number of amides is 1. The van der Waals surface area contributed by atoms with Crippen LogP contribution in [0.15, 0.2) is 18.2 Å². The molecule has 1 aromatic rings. The fourth-order valence-electron chi connectivity index (χ4n) is 1.54. The lowest BCUT2D eigenvalue weighted by molar-refractivity contribution is -0.129. The Morgan fingerprint density at radius 1 is 1.53 bits per heavy atom. The zero-order chi connectivity index (χ0) is 14.3. The number of unbranched alkanes of at least 4 members (excludes halogenated alkanes) is 1. The lowest BCUT2D eigenvalue weighted by Crippen LogP contribution is -2.30. The molecule has 0 radical (unpaired) electrons. The van der Waals surface area contributed by atoms with Crippen LogP contribution in [0, 0.1) is 5.82 Å². The largest absolute Gasteiger partial charge is 0.385 e. The number of rotatable bonds is 7. The van der Waals surface area contributed by atoms with Crippen molar-refractivity contribution in [2.24, 2.45) is 0 Å². The van der Waals surface area contributed by atoms with Gasteiger partial charge >= 0.3 is 0 Å². The monoisotopic (exact) mass is 289 g/mol. The van der Waals surface area contributed by atoms with E-state index in [4.69, 9.17) is 16.3 Å². The molecular weight excluding hydrogens is 273 g/mol. The number of carbonyl (C=O) groups is 1. The molecule has 0 saturated carbocycles. The Labute approximate surface area is 116 Å². The summed E-state index contributed by atoms with van der Waals surface area (Å²) in [6.45, 7) is 1.03. The summed E-state index contributed by atoms with van der Waals surface area (Å²) in [4.78, 5) is 11.6. The van der Waals surface area contributed by atoms with E-state index in [0.717, 1.165) is 18.9 Å². The van der Waals surface area contributed by atoms with E-state index in [1.165, 1.54) is 12.1 Å². The van der Waals surface area contributed by atoms with E-state index in [0.29, 0.717) is 13.2 Å². The summed E-state index contributed by atoms with van der Waals surface area (Å²) in [5.41, 5.74) is -0.0845. The van der Waals surface area contributed by atoms with Gasteiger partial charge in [0.25, 0.3) is 5.91 Å². The molecule has 1 rings (SSSR count). The molecule has 106 valence electrons. The zero-order valence-corrected chi connectivity index (χ0v) is 11.4. The fourth-order valence-corrected chi connectivity index (χ4v) is 1.70. The number of benzene rings is 1. The van der Waals surface area contributed by atoms with Crippen LogP contribution in [-0.4, -0.2) is 31.3 Å². The average Bonchev–Trinajstić information content (AvgIpc) is 2.37. The second kappa shape index (κ2) is 8.09.